The maximum absolute atomic E-state index is 13.1. The molecular weight excluding hydrogens is 400 g/mol. The van der Waals surface area contributed by atoms with Gasteiger partial charge in [-0.1, -0.05) is 39.0 Å². The minimum absolute atomic E-state index is 0.0734. The molecule has 3 rings (SSSR count). The third-order valence-electron chi connectivity index (χ3n) is 4.85. The number of benzene rings is 2. The number of aromatic amines is 1. The molecule has 1 atom stereocenters. The number of amides is 1. The first-order chi connectivity index (χ1) is 14.2. The summed E-state index contributed by atoms with van der Waals surface area (Å²) in [4.78, 5) is 21.1. The molecule has 2 aromatic carbocycles. The van der Waals surface area contributed by atoms with E-state index in [1.807, 2.05) is 24.3 Å². The Labute approximate surface area is 177 Å². The molecule has 0 bridgehead atoms. The lowest BCUT2D eigenvalue weighted by molar-refractivity contribution is 0.0929. The predicted octanol–water partition coefficient (Wildman–Crippen LogP) is 3.69. The third-order valence-corrected chi connectivity index (χ3v) is 6.39. The van der Waals surface area contributed by atoms with Crippen LogP contribution in [0, 0.1) is 12.8 Å². The third kappa shape index (κ3) is 4.88. The first kappa shape index (κ1) is 22.0. The van der Waals surface area contributed by atoms with Crippen LogP contribution in [0.25, 0.3) is 11.0 Å². The SMILES string of the molecule is CCNS(=O)(=O)c1ccc(C)c(C(=O)NC(CC(C)C)c2nc3ccccc3[nH]2)c1. The van der Waals surface area contributed by atoms with Crippen LogP contribution in [0.5, 0.6) is 0 Å². The van der Waals surface area contributed by atoms with Gasteiger partial charge in [-0.25, -0.2) is 18.1 Å². The van der Waals surface area contributed by atoms with Gasteiger partial charge in [-0.3, -0.25) is 4.79 Å². The summed E-state index contributed by atoms with van der Waals surface area (Å²) in [5, 5.41) is 3.05. The van der Waals surface area contributed by atoms with E-state index < -0.39 is 10.0 Å². The molecule has 1 unspecified atom stereocenters. The van der Waals surface area contributed by atoms with Gasteiger partial charge in [0.25, 0.3) is 5.91 Å². The van der Waals surface area contributed by atoms with Crippen LogP contribution in [0.15, 0.2) is 47.4 Å². The smallest absolute Gasteiger partial charge is 0.252 e. The number of nitrogens with one attached hydrogen (secondary N) is 3. The lowest BCUT2D eigenvalue weighted by Crippen LogP contribution is -2.31. The molecule has 160 valence electrons. The summed E-state index contributed by atoms with van der Waals surface area (Å²) in [5.74, 6) is 0.685. The number of aryl methyl sites for hydroxylation is 1. The van der Waals surface area contributed by atoms with E-state index in [9.17, 15) is 13.2 Å². The van der Waals surface area contributed by atoms with Crippen LogP contribution in [0.3, 0.4) is 0 Å². The molecule has 0 aliphatic rings. The van der Waals surface area contributed by atoms with Gasteiger partial charge in [-0.15, -0.1) is 0 Å². The standard InChI is InChI=1S/C22H28N4O3S/c1-5-23-30(28,29)16-11-10-15(4)17(13-16)22(27)26-20(12-14(2)3)21-24-18-8-6-7-9-19(18)25-21/h6-11,13-14,20,23H,5,12H2,1-4H3,(H,24,25)(H,26,27). The van der Waals surface area contributed by atoms with Gasteiger partial charge >= 0.3 is 0 Å². The number of para-hydroxylation sites is 2. The molecule has 1 heterocycles. The topological polar surface area (TPSA) is 104 Å². The average Bonchev–Trinajstić information content (AvgIpc) is 3.11. The molecule has 8 heteroatoms. The lowest BCUT2D eigenvalue weighted by atomic mass is 10.0. The van der Waals surface area contributed by atoms with E-state index in [4.69, 9.17) is 0 Å². The van der Waals surface area contributed by atoms with Crippen molar-refractivity contribution in [2.75, 3.05) is 6.54 Å². The molecule has 0 saturated heterocycles. The maximum Gasteiger partial charge on any atom is 0.252 e. The Balaban J connectivity index is 1.92. The summed E-state index contributed by atoms with van der Waals surface area (Å²) in [7, 11) is -3.65. The number of H-pyrrole nitrogens is 1. The molecule has 7 nitrogen and oxygen atoms in total. The minimum atomic E-state index is -3.65. The Bertz CT molecular complexity index is 1120. The number of imidazole rings is 1. The molecule has 1 amide bonds. The van der Waals surface area contributed by atoms with E-state index in [0.29, 0.717) is 29.3 Å². The van der Waals surface area contributed by atoms with Gasteiger partial charge in [0.05, 0.1) is 22.0 Å². The summed E-state index contributed by atoms with van der Waals surface area (Å²) >= 11 is 0. The Morgan fingerprint density at radius 2 is 1.90 bits per heavy atom. The molecule has 1 aromatic heterocycles. The van der Waals surface area contributed by atoms with Crippen LogP contribution < -0.4 is 10.0 Å². The number of rotatable bonds is 8. The van der Waals surface area contributed by atoms with Crippen molar-refractivity contribution in [1.29, 1.82) is 0 Å². The summed E-state index contributed by atoms with van der Waals surface area (Å²) in [6.45, 7) is 7.94. The summed E-state index contributed by atoms with van der Waals surface area (Å²) in [6, 6.07) is 12.0. The van der Waals surface area contributed by atoms with Gasteiger partial charge in [-0.2, -0.15) is 0 Å². The molecule has 30 heavy (non-hydrogen) atoms. The molecule has 0 saturated carbocycles. The van der Waals surface area contributed by atoms with Crippen LogP contribution in [-0.4, -0.2) is 30.8 Å². The predicted molar refractivity (Wildman–Crippen MR) is 118 cm³/mol. The zero-order valence-corrected chi connectivity index (χ0v) is 18.5. The van der Waals surface area contributed by atoms with Crippen molar-refractivity contribution in [3.8, 4) is 0 Å². The van der Waals surface area contributed by atoms with Crippen molar-refractivity contribution < 1.29 is 13.2 Å². The van der Waals surface area contributed by atoms with Gasteiger partial charge in [0, 0.05) is 12.1 Å². The highest BCUT2D eigenvalue weighted by atomic mass is 32.2. The highest BCUT2D eigenvalue weighted by Gasteiger charge is 2.23. The Morgan fingerprint density at radius 1 is 1.17 bits per heavy atom. The van der Waals surface area contributed by atoms with Crippen molar-refractivity contribution in [2.45, 2.75) is 45.1 Å². The van der Waals surface area contributed by atoms with Gasteiger partial charge in [-0.05, 0) is 49.1 Å². The van der Waals surface area contributed by atoms with Crippen molar-refractivity contribution in [1.82, 2.24) is 20.0 Å². The second kappa shape index (κ2) is 8.97. The molecule has 3 aromatic rings. The normalized spacial score (nSPS) is 13.0. The van der Waals surface area contributed by atoms with Gasteiger partial charge < -0.3 is 10.3 Å². The number of hydrogen-bond donors (Lipinski definition) is 3. The maximum atomic E-state index is 13.1. The minimum Gasteiger partial charge on any atom is -0.342 e. The molecule has 0 radical (unpaired) electrons. The van der Waals surface area contributed by atoms with Gasteiger partial charge in [0.1, 0.15) is 5.82 Å². The van der Waals surface area contributed by atoms with Crippen molar-refractivity contribution in [3.63, 3.8) is 0 Å². The molecule has 0 aliphatic carbocycles. The zero-order valence-electron chi connectivity index (χ0n) is 17.7. The number of sulfonamides is 1. The van der Waals surface area contributed by atoms with Crippen molar-refractivity contribution in [2.24, 2.45) is 5.92 Å². The van der Waals surface area contributed by atoms with E-state index >= 15 is 0 Å². The number of nitrogens with zero attached hydrogens (tertiary/aromatic N) is 1. The Morgan fingerprint density at radius 3 is 2.57 bits per heavy atom. The van der Waals surface area contributed by atoms with Crippen molar-refractivity contribution in [3.05, 3.63) is 59.4 Å². The quantitative estimate of drug-likeness (QED) is 0.509. The Kier molecular flexibility index (Phi) is 6.58. The van der Waals surface area contributed by atoms with Crippen molar-refractivity contribution >= 4 is 27.0 Å². The van der Waals surface area contributed by atoms with Crippen LogP contribution in [0.4, 0.5) is 0 Å². The van der Waals surface area contributed by atoms with Crippen LogP contribution >= 0.6 is 0 Å². The summed E-state index contributed by atoms with van der Waals surface area (Å²) < 4.78 is 27.2. The number of carbonyl (C=O) groups excluding carboxylic acids is 1. The van der Waals surface area contributed by atoms with E-state index in [1.165, 1.54) is 12.1 Å². The number of fused-ring (bicyclic) bond motifs is 1. The van der Waals surface area contributed by atoms with Gasteiger partial charge in [0.15, 0.2) is 0 Å². The number of hydrogen-bond acceptors (Lipinski definition) is 4. The second-order valence-electron chi connectivity index (χ2n) is 7.77. The van der Waals surface area contributed by atoms with E-state index in [0.717, 1.165) is 11.0 Å². The highest BCUT2D eigenvalue weighted by molar-refractivity contribution is 7.89. The Hall–Kier alpha value is -2.71. The lowest BCUT2D eigenvalue weighted by Gasteiger charge is -2.19. The summed E-state index contributed by atoms with van der Waals surface area (Å²) in [5.41, 5.74) is 2.78. The second-order valence-corrected chi connectivity index (χ2v) is 9.54. The number of carbonyl (C=O) groups is 1. The monoisotopic (exact) mass is 428 g/mol. The molecule has 0 fully saturated rings. The van der Waals surface area contributed by atoms with Crippen LogP contribution in [0.1, 0.15) is 55.0 Å². The fourth-order valence-corrected chi connectivity index (χ4v) is 4.44. The fourth-order valence-electron chi connectivity index (χ4n) is 3.37. The zero-order chi connectivity index (χ0) is 21.9. The highest BCUT2D eigenvalue weighted by Crippen LogP contribution is 2.23. The first-order valence-electron chi connectivity index (χ1n) is 10.1. The van der Waals surface area contributed by atoms with E-state index in [-0.39, 0.29) is 23.4 Å². The van der Waals surface area contributed by atoms with E-state index in [1.54, 1.807) is 19.9 Å². The largest absolute Gasteiger partial charge is 0.342 e. The molecule has 0 aliphatic heterocycles. The van der Waals surface area contributed by atoms with Crippen LogP contribution in [0.2, 0.25) is 0 Å². The van der Waals surface area contributed by atoms with Gasteiger partial charge in [0.2, 0.25) is 10.0 Å². The molecular formula is C22H28N4O3S. The summed E-state index contributed by atoms with van der Waals surface area (Å²) in [6.07, 6.45) is 0.694. The fraction of sp³-hybridized carbons (Fsp3) is 0.364. The molecule has 3 N–H and O–H groups in total. The first-order valence-corrected chi connectivity index (χ1v) is 11.6. The van der Waals surface area contributed by atoms with Crippen LogP contribution in [-0.2, 0) is 10.0 Å². The molecule has 0 spiro atoms. The van der Waals surface area contributed by atoms with E-state index in [2.05, 4.69) is 33.9 Å². The average molecular weight is 429 g/mol. The number of aromatic nitrogens is 2.